The van der Waals surface area contributed by atoms with Crippen LogP contribution in [0.2, 0.25) is 10.0 Å². The molecule has 2 atom stereocenters. The highest BCUT2D eigenvalue weighted by Gasteiger charge is 2.36. The summed E-state index contributed by atoms with van der Waals surface area (Å²) in [5, 5.41) is 2.98. The molecule has 46 heavy (non-hydrogen) atoms. The third-order valence-corrected chi connectivity index (χ3v) is 10.2. The number of anilines is 1. The molecule has 1 N–H and O–H groups in total. The summed E-state index contributed by atoms with van der Waals surface area (Å²) in [5.41, 5.74) is 1.76. The first-order valence-corrected chi connectivity index (χ1v) is 17.0. The van der Waals surface area contributed by atoms with Gasteiger partial charge in [0.1, 0.15) is 18.4 Å². The number of aryl methyl sites for hydroxylation is 1. The Morgan fingerprint density at radius 3 is 2.20 bits per heavy atom. The van der Waals surface area contributed by atoms with E-state index in [2.05, 4.69) is 5.32 Å². The lowest BCUT2D eigenvalue weighted by Gasteiger charge is -2.34. The number of amides is 2. The van der Waals surface area contributed by atoms with Crippen LogP contribution in [0.1, 0.15) is 37.0 Å². The highest BCUT2D eigenvalue weighted by atomic mass is 35.5. The minimum atomic E-state index is -4.38. The minimum absolute atomic E-state index is 0.0161. The lowest BCUT2D eigenvalue weighted by Crippen LogP contribution is -2.54. The fourth-order valence-corrected chi connectivity index (χ4v) is 6.71. The van der Waals surface area contributed by atoms with E-state index in [0.717, 1.165) is 15.4 Å². The van der Waals surface area contributed by atoms with E-state index in [1.807, 2.05) is 51.1 Å². The molecule has 7 nitrogen and oxygen atoms in total. The summed E-state index contributed by atoms with van der Waals surface area (Å²) in [7, 11) is -4.38. The van der Waals surface area contributed by atoms with Crippen LogP contribution >= 0.6 is 23.2 Å². The molecule has 0 aromatic heterocycles. The van der Waals surface area contributed by atoms with Crippen molar-refractivity contribution in [1.82, 2.24) is 10.2 Å². The summed E-state index contributed by atoms with van der Waals surface area (Å²) in [6.07, 6.45) is 0.743. The highest BCUT2D eigenvalue weighted by Crippen LogP contribution is 2.35. The van der Waals surface area contributed by atoms with Gasteiger partial charge in [-0.25, -0.2) is 12.8 Å². The van der Waals surface area contributed by atoms with Crippen molar-refractivity contribution in [3.05, 3.63) is 130 Å². The molecule has 0 saturated carbocycles. The van der Waals surface area contributed by atoms with Crippen molar-refractivity contribution in [2.75, 3.05) is 10.8 Å². The lowest BCUT2D eigenvalue weighted by molar-refractivity contribution is -0.140. The van der Waals surface area contributed by atoms with Crippen molar-refractivity contribution in [2.24, 2.45) is 0 Å². The molecule has 0 bridgehead atoms. The van der Waals surface area contributed by atoms with Crippen LogP contribution in [0.25, 0.3) is 0 Å². The van der Waals surface area contributed by atoms with Crippen LogP contribution < -0.4 is 9.62 Å². The monoisotopic (exact) mass is 683 g/mol. The number of carbonyl (C=O) groups is 2. The Labute approximate surface area is 280 Å². The summed E-state index contributed by atoms with van der Waals surface area (Å²) in [4.78, 5) is 29.5. The SMILES string of the molecule is CC[C@H](C)NC(=O)[C@H](Cc1ccccc1)N(Cc1ccccc1F)C(=O)CN(c1cccc(Cl)c1Cl)S(=O)(=O)c1ccc(C)cc1. The van der Waals surface area contributed by atoms with Gasteiger partial charge in [0.15, 0.2) is 0 Å². The molecule has 0 aliphatic heterocycles. The van der Waals surface area contributed by atoms with Gasteiger partial charge < -0.3 is 10.2 Å². The second kappa shape index (κ2) is 15.6. The Kier molecular flexibility index (Phi) is 11.8. The van der Waals surface area contributed by atoms with Crippen LogP contribution in [0.15, 0.2) is 102 Å². The van der Waals surface area contributed by atoms with Gasteiger partial charge in [0.05, 0.1) is 20.6 Å². The number of benzene rings is 4. The standard InChI is InChI=1S/C35H36Cl2FN3O4S/c1-4-25(3)39-35(43)32(21-26-11-6-5-7-12-26)40(22-27-13-8-9-15-30(27)38)33(42)23-41(31-16-10-14-29(36)34(31)37)46(44,45)28-19-17-24(2)18-20-28/h5-20,25,32H,4,21-23H2,1-3H3,(H,39,43)/t25-,32-/m0/s1. The normalized spacial score (nSPS) is 12.7. The fourth-order valence-electron chi connectivity index (χ4n) is 4.84. The number of rotatable bonds is 13. The van der Waals surface area contributed by atoms with Gasteiger partial charge in [-0.05, 0) is 56.2 Å². The lowest BCUT2D eigenvalue weighted by atomic mass is 10.0. The zero-order chi connectivity index (χ0) is 33.4. The quantitative estimate of drug-likeness (QED) is 0.162. The number of halogens is 3. The number of nitrogens with zero attached hydrogens (tertiary/aromatic N) is 2. The molecule has 4 aromatic carbocycles. The van der Waals surface area contributed by atoms with Gasteiger partial charge >= 0.3 is 0 Å². The predicted octanol–water partition coefficient (Wildman–Crippen LogP) is 7.19. The highest BCUT2D eigenvalue weighted by molar-refractivity contribution is 7.92. The Morgan fingerprint density at radius 2 is 1.54 bits per heavy atom. The molecule has 242 valence electrons. The summed E-state index contributed by atoms with van der Waals surface area (Å²) < 4.78 is 44.3. The molecule has 0 aliphatic rings. The molecule has 2 amide bonds. The van der Waals surface area contributed by atoms with Crippen molar-refractivity contribution in [3.8, 4) is 0 Å². The third kappa shape index (κ3) is 8.46. The first kappa shape index (κ1) is 34.9. The molecular formula is C35H36Cl2FN3O4S. The summed E-state index contributed by atoms with van der Waals surface area (Å²) >= 11 is 12.8. The summed E-state index contributed by atoms with van der Waals surface area (Å²) in [6.45, 7) is 4.55. The molecule has 0 radical (unpaired) electrons. The van der Waals surface area contributed by atoms with Crippen LogP contribution in [0, 0.1) is 12.7 Å². The van der Waals surface area contributed by atoms with Crippen LogP contribution in [0.5, 0.6) is 0 Å². The van der Waals surface area contributed by atoms with E-state index in [1.54, 1.807) is 18.2 Å². The molecule has 0 saturated heterocycles. The van der Waals surface area contributed by atoms with E-state index >= 15 is 4.39 Å². The number of hydrogen-bond acceptors (Lipinski definition) is 4. The van der Waals surface area contributed by atoms with E-state index in [9.17, 15) is 18.0 Å². The van der Waals surface area contributed by atoms with Crippen LogP contribution in [0.4, 0.5) is 10.1 Å². The van der Waals surface area contributed by atoms with Crippen LogP contribution in [-0.4, -0.2) is 43.8 Å². The maximum atomic E-state index is 15.1. The van der Waals surface area contributed by atoms with Gasteiger partial charge in [0.2, 0.25) is 11.8 Å². The van der Waals surface area contributed by atoms with Gasteiger partial charge in [-0.15, -0.1) is 0 Å². The topological polar surface area (TPSA) is 86.8 Å². The molecule has 4 aromatic rings. The summed E-state index contributed by atoms with van der Waals surface area (Å²) in [6, 6.07) is 24.4. The second-order valence-corrected chi connectivity index (χ2v) is 13.7. The Hall–Kier alpha value is -3.92. The Bertz CT molecular complexity index is 1770. The number of sulfonamides is 1. The van der Waals surface area contributed by atoms with E-state index in [0.29, 0.717) is 6.42 Å². The molecule has 11 heteroatoms. The number of nitrogens with one attached hydrogen (secondary N) is 1. The average Bonchev–Trinajstić information content (AvgIpc) is 3.04. The van der Waals surface area contributed by atoms with E-state index in [-0.39, 0.29) is 45.2 Å². The third-order valence-electron chi connectivity index (χ3n) is 7.66. The molecule has 4 rings (SSSR count). The van der Waals surface area contributed by atoms with E-state index < -0.39 is 40.2 Å². The van der Waals surface area contributed by atoms with E-state index in [4.69, 9.17) is 23.2 Å². The van der Waals surface area contributed by atoms with Crippen molar-refractivity contribution in [1.29, 1.82) is 0 Å². The fraction of sp³-hybridized carbons (Fsp3) is 0.257. The largest absolute Gasteiger partial charge is 0.352 e. The Balaban J connectivity index is 1.85. The molecule has 0 heterocycles. The average molecular weight is 685 g/mol. The minimum Gasteiger partial charge on any atom is -0.352 e. The second-order valence-electron chi connectivity index (χ2n) is 11.0. The van der Waals surface area contributed by atoms with Gasteiger partial charge in [0.25, 0.3) is 10.0 Å². The van der Waals surface area contributed by atoms with Crippen molar-refractivity contribution >= 4 is 50.7 Å². The molecule has 0 unspecified atom stereocenters. The number of hydrogen-bond donors (Lipinski definition) is 1. The number of carbonyl (C=O) groups excluding carboxylic acids is 2. The van der Waals surface area contributed by atoms with Crippen molar-refractivity contribution < 1.29 is 22.4 Å². The molecule has 0 aliphatic carbocycles. The van der Waals surface area contributed by atoms with Crippen molar-refractivity contribution in [2.45, 2.75) is 57.1 Å². The van der Waals surface area contributed by atoms with E-state index in [1.165, 1.54) is 53.4 Å². The van der Waals surface area contributed by atoms with Crippen LogP contribution in [-0.2, 0) is 32.6 Å². The van der Waals surface area contributed by atoms with Gasteiger partial charge in [-0.1, -0.05) is 102 Å². The van der Waals surface area contributed by atoms with Gasteiger partial charge in [0, 0.05) is 24.6 Å². The first-order chi connectivity index (χ1) is 21.9. The smallest absolute Gasteiger partial charge is 0.264 e. The molecule has 0 spiro atoms. The maximum Gasteiger partial charge on any atom is 0.264 e. The summed E-state index contributed by atoms with van der Waals surface area (Å²) in [5.74, 6) is -1.75. The zero-order valence-electron chi connectivity index (χ0n) is 25.8. The zero-order valence-corrected chi connectivity index (χ0v) is 28.1. The predicted molar refractivity (Wildman–Crippen MR) is 181 cm³/mol. The molecule has 0 fully saturated rings. The molecular weight excluding hydrogens is 648 g/mol. The first-order valence-electron chi connectivity index (χ1n) is 14.8. The Morgan fingerprint density at radius 1 is 0.891 bits per heavy atom. The maximum absolute atomic E-state index is 15.1. The van der Waals surface area contributed by atoms with Gasteiger partial charge in [-0.3, -0.25) is 13.9 Å². The van der Waals surface area contributed by atoms with Crippen LogP contribution in [0.3, 0.4) is 0 Å². The van der Waals surface area contributed by atoms with Gasteiger partial charge in [-0.2, -0.15) is 0 Å². The van der Waals surface area contributed by atoms with Crippen molar-refractivity contribution in [3.63, 3.8) is 0 Å².